The molecule has 0 bridgehead atoms. The number of benzene rings is 4. The van der Waals surface area contributed by atoms with Crippen molar-refractivity contribution in [1.29, 1.82) is 0 Å². The van der Waals surface area contributed by atoms with Crippen LogP contribution in [-0.4, -0.2) is 14.3 Å². The SMILES string of the molecule is Cc1ccc(S(=O)(=O)Nc2cccc(C(=O)Nc3ccccc3Oc3ccccc3)c2C)cc1. The van der Waals surface area contributed by atoms with Gasteiger partial charge in [-0.1, -0.05) is 54.1 Å². The fourth-order valence-corrected chi connectivity index (χ4v) is 4.50. The molecule has 6 nitrogen and oxygen atoms in total. The quantitative estimate of drug-likeness (QED) is 0.338. The Kier molecular flexibility index (Phi) is 6.65. The third kappa shape index (κ3) is 5.27. The topological polar surface area (TPSA) is 84.5 Å². The van der Waals surface area contributed by atoms with Crippen molar-refractivity contribution in [1.82, 2.24) is 0 Å². The molecule has 0 radical (unpaired) electrons. The van der Waals surface area contributed by atoms with E-state index in [0.29, 0.717) is 34.0 Å². The van der Waals surface area contributed by atoms with E-state index in [1.807, 2.05) is 43.3 Å². The lowest BCUT2D eigenvalue weighted by molar-refractivity contribution is 0.102. The van der Waals surface area contributed by atoms with E-state index in [1.165, 1.54) is 0 Å². The number of para-hydroxylation sites is 3. The molecule has 2 N–H and O–H groups in total. The number of ether oxygens (including phenoxy) is 1. The van der Waals surface area contributed by atoms with Gasteiger partial charge in [0.15, 0.2) is 5.75 Å². The number of sulfonamides is 1. The highest BCUT2D eigenvalue weighted by Crippen LogP contribution is 2.30. The van der Waals surface area contributed by atoms with Gasteiger partial charge in [0.1, 0.15) is 5.75 Å². The van der Waals surface area contributed by atoms with Crippen LogP contribution in [0.3, 0.4) is 0 Å². The fourth-order valence-electron chi connectivity index (χ4n) is 3.38. The van der Waals surface area contributed by atoms with Gasteiger partial charge in [-0.05, 0) is 67.9 Å². The maximum atomic E-state index is 13.1. The Morgan fingerprint density at radius 3 is 2.12 bits per heavy atom. The van der Waals surface area contributed by atoms with Crippen LogP contribution in [0.2, 0.25) is 0 Å². The van der Waals surface area contributed by atoms with Gasteiger partial charge in [0.05, 0.1) is 16.3 Å². The van der Waals surface area contributed by atoms with Crippen molar-refractivity contribution in [2.45, 2.75) is 18.7 Å². The molecule has 172 valence electrons. The Balaban J connectivity index is 1.57. The lowest BCUT2D eigenvalue weighted by Crippen LogP contribution is -2.17. The first-order chi connectivity index (χ1) is 16.3. The highest BCUT2D eigenvalue weighted by Gasteiger charge is 2.19. The summed E-state index contributed by atoms with van der Waals surface area (Å²) in [7, 11) is -3.80. The third-order valence-corrected chi connectivity index (χ3v) is 6.64. The van der Waals surface area contributed by atoms with Crippen molar-refractivity contribution in [3.05, 3.63) is 114 Å². The molecular formula is C27H24N2O4S. The van der Waals surface area contributed by atoms with Gasteiger partial charge in [-0.15, -0.1) is 0 Å². The maximum absolute atomic E-state index is 13.1. The summed E-state index contributed by atoms with van der Waals surface area (Å²) >= 11 is 0. The van der Waals surface area contributed by atoms with Crippen LogP contribution >= 0.6 is 0 Å². The number of carbonyl (C=O) groups is 1. The molecule has 0 aliphatic rings. The van der Waals surface area contributed by atoms with E-state index in [1.54, 1.807) is 67.6 Å². The molecule has 0 aromatic heterocycles. The maximum Gasteiger partial charge on any atom is 0.261 e. The number of rotatable bonds is 7. The van der Waals surface area contributed by atoms with E-state index in [2.05, 4.69) is 10.0 Å². The molecule has 0 fully saturated rings. The zero-order valence-electron chi connectivity index (χ0n) is 18.8. The summed E-state index contributed by atoms with van der Waals surface area (Å²) < 4.78 is 34.2. The summed E-state index contributed by atoms with van der Waals surface area (Å²) in [6.45, 7) is 3.59. The summed E-state index contributed by atoms with van der Waals surface area (Å²) in [5.41, 5.74) is 2.66. The molecule has 0 aliphatic heterocycles. The van der Waals surface area contributed by atoms with Crippen LogP contribution in [0.25, 0.3) is 0 Å². The van der Waals surface area contributed by atoms with Crippen LogP contribution in [0.5, 0.6) is 11.5 Å². The molecule has 7 heteroatoms. The largest absolute Gasteiger partial charge is 0.455 e. The van der Waals surface area contributed by atoms with Crippen molar-refractivity contribution in [3.8, 4) is 11.5 Å². The van der Waals surface area contributed by atoms with Crippen molar-refractivity contribution in [2.24, 2.45) is 0 Å². The minimum Gasteiger partial charge on any atom is -0.455 e. The molecule has 0 heterocycles. The van der Waals surface area contributed by atoms with Gasteiger partial charge in [0.2, 0.25) is 0 Å². The number of carbonyl (C=O) groups excluding carboxylic acids is 1. The zero-order valence-corrected chi connectivity index (χ0v) is 19.6. The molecule has 0 spiro atoms. The molecule has 4 rings (SSSR count). The third-order valence-electron chi connectivity index (χ3n) is 5.26. The second-order valence-electron chi connectivity index (χ2n) is 7.76. The predicted octanol–water partition coefficient (Wildman–Crippen LogP) is 6.15. The zero-order chi connectivity index (χ0) is 24.1. The van der Waals surface area contributed by atoms with Crippen molar-refractivity contribution in [2.75, 3.05) is 10.0 Å². The van der Waals surface area contributed by atoms with E-state index < -0.39 is 10.0 Å². The summed E-state index contributed by atoms with van der Waals surface area (Å²) in [6.07, 6.45) is 0. The Labute approximate surface area is 199 Å². The average molecular weight is 473 g/mol. The number of anilines is 2. The van der Waals surface area contributed by atoms with Crippen LogP contribution in [-0.2, 0) is 10.0 Å². The van der Waals surface area contributed by atoms with E-state index in [9.17, 15) is 13.2 Å². The van der Waals surface area contributed by atoms with Crippen molar-refractivity contribution in [3.63, 3.8) is 0 Å². The van der Waals surface area contributed by atoms with E-state index >= 15 is 0 Å². The van der Waals surface area contributed by atoms with Crippen LogP contribution in [0.1, 0.15) is 21.5 Å². The number of hydrogen-bond donors (Lipinski definition) is 2. The normalized spacial score (nSPS) is 11.0. The Morgan fingerprint density at radius 2 is 1.38 bits per heavy atom. The van der Waals surface area contributed by atoms with Gasteiger partial charge in [-0.3, -0.25) is 9.52 Å². The smallest absolute Gasteiger partial charge is 0.261 e. The molecule has 1 amide bonds. The number of amides is 1. The Hall–Kier alpha value is -4.10. The molecule has 0 saturated carbocycles. The first-order valence-electron chi connectivity index (χ1n) is 10.7. The highest BCUT2D eigenvalue weighted by molar-refractivity contribution is 7.92. The molecule has 0 saturated heterocycles. The lowest BCUT2D eigenvalue weighted by atomic mass is 10.1. The summed E-state index contributed by atoms with van der Waals surface area (Å²) in [5.74, 6) is 0.766. The highest BCUT2D eigenvalue weighted by atomic mass is 32.2. The molecule has 0 atom stereocenters. The van der Waals surface area contributed by atoms with E-state index in [0.717, 1.165) is 5.56 Å². The first kappa shape index (κ1) is 23.1. The average Bonchev–Trinajstić information content (AvgIpc) is 2.82. The van der Waals surface area contributed by atoms with Gasteiger partial charge in [0.25, 0.3) is 15.9 Å². The van der Waals surface area contributed by atoms with Crippen molar-refractivity contribution >= 4 is 27.3 Å². The van der Waals surface area contributed by atoms with E-state index in [-0.39, 0.29) is 10.8 Å². The van der Waals surface area contributed by atoms with Crippen molar-refractivity contribution < 1.29 is 17.9 Å². The van der Waals surface area contributed by atoms with Crippen LogP contribution < -0.4 is 14.8 Å². The molecular weight excluding hydrogens is 448 g/mol. The number of hydrogen-bond acceptors (Lipinski definition) is 4. The van der Waals surface area contributed by atoms with Gasteiger partial charge >= 0.3 is 0 Å². The molecule has 4 aromatic carbocycles. The van der Waals surface area contributed by atoms with Gasteiger partial charge in [-0.25, -0.2) is 8.42 Å². The standard InChI is InChI=1S/C27H24N2O4S/c1-19-15-17-22(18-16-19)34(31,32)29-24-13-8-11-23(20(24)2)27(30)28-25-12-6-7-14-26(25)33-21-9-4-3-5-10-21/h3-18,29H,1-2H3,(H,28,30). The monoisotopic (exact) mass is 472 g/mol. The predicted molar refractivity (Wildman–Crippen MR) is 134 cm³/mol. The second kappa shape index (κ2) is 9.80. The minimum absolute atomic E-state index is 0.152. The summed E-state index contributed by atoms with van der Waals surface area (Å²) in [4.78, 5) is 13.3. The van der Waals surface area contributed by atoms with Crippen LogP contribution in [0, 0.1) is 13.8 Å². The van der Waals surface area contributed by atoms with Gasteiger partial charge in [0, 0.05) is 5.56 Å². The van der Waals surface area contributed by atoms with Gasteiger partial charge < -0.3 is 10.1 Å². The molecule has 34 heavy (non-hydrogen) atoms. The number of aryl methyl sites for hydroxylation is 1. The molecule has 0 unspecified atom stereocenters. The number of nitrogens with one attached hydrogen (secondary N) is 2. The van der Waals surface area contributed by atoms with Crippen LogP contribution in [0.4, 0.5) is 11.4 Å². The Morgan fingerprint density at radius 1 is 0.735 bits per heavy atom. The molecule has 4 aromatic rings. The lowest BCUT2D eigenvalue weighted by Gasteiger charge is -2.15. The van der Waals surface area contributed by atoms with Crippen LogP contribution in [0.15, 0.2) is 102 Å². The van der Waals surface area contributed by atoms with E-state index in [4.69, 9.17) is 4.74 Å². The summed E-state index contributed by atoms with van der Waals surface area (Å²) in [6, 6.07) is 27.9. The fraction of sp³-hybridized carbons (Fsp3) is 0.0741. The summed E-state index contributed by atoms with van der Waals surface area (Å²) in [5, 5.41) is 2.87. The van der Waals surface area contributed by atoms with Gasteiger partial charge in [-0.2, -0.15) is 0 Å². The minimum atomic E-state index is -3.80. The Bertz CT molecular complexity index is 1420. The first-order valence-corrected chi connectivity index (χ1v) is 12.1. The molecule has 0 aliphatic carbocycles. The second-order valence-corrected chi connectivity index (χ2v) is 9.44.